The lowest BCUT2D eigenvalue weighted by Gasteiger charge is -2.17. The Kier molecular flexibility index (Phi) is 3.85. The van der Waals surface area contributed by atoms with Gasteiger partial charge in [-0.2, -0.15) is 4.98 Å². The normalized spacial score (nSPS) is 16.2. The number of carbonyl (C=O) groups excluding carboxylic acids is 1. The Labute approximate surface area is 132 Å². The highest BCUT2D eigenvalue weighted by Crippen LogP contribution is 2.35. The maximum Gasteiger partial charge on any atom is 0.359 e. The van der Waals surface area contributed by atoms with E-state index in [1.54, 1.807) is 0 Å². The molecule has 0 radical (unpaired) electrons. The van der Waals surface area contributed by atoms with Crippen LogP contribution in [0.15, 0.2) is 24.3 Å². The number of fused-ring (bicyclic) bond motifs is 1. The Hall–Kier alpha value is -2.34. The average Bonchev–Trinajstić information content (AvgIpc) is 2.93. The molecule has 0 amide bonds. The number of methoxy groups -OCH3 is 1. The maximum absolute atomic E-state index is 11.7. The number of nitrogen functional groups attached to an aromatic ring is 1. The molecule has 0 spiro atoms. The summed E-state index contributed by atoms with van der Waals surface area (Å²) in [5.41, 5.74) is 8.59. The predicted octanol–water partition coefficient (Wildman–Crippen LogP) is 2.60. The van der Waals surface area contributed by atoms with Crippen molar-refractivity contribution >= 4 is 29.1 Å². The molecule has 0 saturated carbocycles. The molecule has 22 heavy (non-hydrogen) atoms. The number of nitrogens with one attached hydrogen (secondary N) is 1. The van der Waals surface area contributed by atoms with E-state index < -0.39 is 5.97 Å². The highest BCUT2D eigenvalue weighted by molar-refractivity contribution is 6.28. The highest BCUT2D eigenvalue weighted by Gasteiger charge is 2.25. The summed E-state index contributed by atoms with van der Waals surface area (Å²) in [6.07, 6.45) is 1.91. The van der Waals surface area contributed by atoms with Crippen LogP contribution >= 0.6 is 11.6 Å². The number of aryl methyl sites for hydroxylation is 1. The van der Waals surface area contributed by atoms with Gasteiger partial charge in [0.05, 0.1) is 13.2 Å². The van der Waals surface area contributed by atoms with E-state index >= 15 is 0 Å². The molecular formula is C15H15ClN4O2. The van der Waals surface area contributed by atoms with Gasteiger partial charge in [0.15, 0.2) is 11.5 Å². The third-order valence-electron chi connectivity index (χ3n) is 3.74. The van der Waals surface area contributed by atoms with Crippen LogP contribution in [0.4, 0.5) is 11.5 Å². The third-order valence-corrected chi connectivity index (χ3v) is 3.91. The van der Waals surface area contributed by atoms with Gasteiger partial charge < -0.3 is 15.8 Å². The number of rotatable bonds is 3. The Morgan fingerprint density at radius 1 is 1.41 bits per heavy atom. The van der Waals surface area contributed by atoms with Gasteiger partial charge >= 0.3 is 5.97 Å². The predicted molar refractivity (Wildman–Crippen MR) is 83.9 cm³/mol. The number of carbonyl (C=O) groups is 1. The van der Waals surface area contributed by atoms with Crippen molar-refractivity contribution in [2.75, 3.05) is 18.2 Å². The molecule has 1 aromatic heterocycles. The van der Waals surface area contributed by atoms with Gasteiger partial charge in [0, 0.05) is 0 Å². The fourth-order valence-corrected chi connectivity index (χ4v) is 2.85. The first-order chi connectivity index (χ1) is 10.6. The van der Waals surface area contributed by atoms with Gasteiger partial charge in [0.2, 0.25) is 5.28 Å². The topological polar surface area (TPSA) is 90.1 Å². The molecule has 3 rings (SSSR count). The van der Waals surface area contributed by atoms with Gasteiger partial charge in [-0.15, -0.1) is 0 Å². The lowest BCUT2D eigenvalue weighted by atomic mass is 10.1. The summed E-state index contributed by atoms with van der Waals surface area (Å²) in [5.74, 6) is -0.293. The summed E-state index contributed by atoms with van der Waals surface area (Å²) >= 11 is 5.88. The Morgan fingerprint density at radius 2 is 2.18 bits per heavy atom. The quantitative estimate of drug-likeness (QED) is 0.668. The Bertz CT molecular complexity index is 735. The molecule has 0 saturated heterocycles. The number of benzene rings is 1. The highest BCUT2D eigenvalue weighted by atomic mass is 35.5. The first kappa shape index (κ1) is 14.6. The van der Waals surface area contributed by atoms with Crippen LogP contribution in [0, 0.1) is 0 Å². The van der Waals surface area contributed by atoms with E-state index in [2.05, 4.69) is 32.2 Å². The second kappa shape index (κ2) is 5.81. The van der Waals surface area contributed by atoms with E-state index in [0.29, 0.717) is 5.82 Å². The van der Waals surface area contributed by atoms with E-state index in [1.165, 1.54) is 18.2 Å². The van der Waals surface area contributed by atoms with Gasteiger partial charge in [0.1, 0.15) is 5.69 Å². The summed E-state index contributed by atoms with van der Waals surface area (Å²) in [6, 6.07) is 8.27. The van der Waals surface area contributed by atoms with Crippen LogP contribution in [-0.4, -0.2) is 23.0 Å². The molecule has 1 unspecified atom stereocenters. The fourth-order valence-electron chi connectivity index (χ4n) is 2.68. The molecule has 114 valence electrons. The summed E-state index contributed by atoms with van der Waals surface area (Å²) in [5, 5.41) is 3.20. The molecule has 6 nitrogen and oxygen atoms in total. The standard InChI is InChI=1S/C15H15ClN4O2/c1-22-14(21)12-11(17)13(20-15(16)19-12)18-10-7-6-8-4-2-3-5-9(8)10/h2-5,10H,6-7,17H2,1H3,(H,18,19,20). The van der Waals surface area contributed by atoms with E-state index in [1.807, 2.05) is 12.1 Å². The number of nitrogens with two attached hydrogens (primary N) is 1. The van der Waals surface area contributed by atoms with Crippen LogP contribution < -0.4 is 11.1 Å². The van der Waals surface area contributed by atoms with Crippen molar-refractivity contribution < 1.29 is 9.53 Å². The number of anilines is 2. The molecule has 0 aliphatic heterocycles. The Morgan fingerprint density at radius 3 is 2.95 bits per heavy atom. The number of ether oxygens (including phenoxy) is 1. The van der Waals surface area contributed by atoms with Crippen molar-refractivity contribution in [1.29, 1.82) is 0 Å². The molecular weight excluding hydrogens is 304 g/mol. The summed E-state index contributed by atoms with van der Waals surface area (Å²) in [6.45, 7) is 0. The van der Waals surface area contributed by atoms with Crippen LogP contribution in [0.3, 0.4) is 0 Å². The molecule has 1 atom stereocenters. The molecule has 1 aliphatic rings. The molecule has 1 aromatic carbocycles. The minimum atomic E-state index is -0.642. The molecule has 2 aromatic rings. The lowest BCUT2D eigenvalue weighted by molar-refractivity contribution is 0.0595. The van der Waals surface area contributed by atoms with Crippen molar-refractivity contribution in [1.82, 2.24) is 9.97 Å². The number of hydrogen-bond donors (Lipinski definition) is 2. The monoisotopic (exact) mass is 318 g/mol. The van der Waals surface area contributed by atoms with Gasteiger partial charge in [-0.25, -0.2) is 9.78 Å². The molecule has 3 N–H and O–H groups in total. The van der Waals surface area contributed by atoms with E-state index in [9.17, 15) is 4.79 Å². The molecule has 0 bridgehead atoms. The first-order valence-electron chi connectivity index (χ1n) is 6.86. The zero-order valence-electron chi connectivity index (χ0n) is 12.0. The zero-order valence-corrected chi connectivity index (χ0v) is 12.7. The number of halogens is 1. The number of esters is 1. The molecule has 1 heterocycles. The van der Waals surface area contributed by atoms with Crippen molar-refractivity contribution in [2.24, 2.45) is 0 Å². The minimum absolute atomic E-state index is 0.0312. The Balaban J connectivity index is 1.94. The van der Waals surface area contributed by atoms with Crippen molar-refractivity contribution in [2.45, 2.75) is 18.9 Å². The van der Waals surface area contributed by atoms with Crippen molar-refractivity contribution in [3.05, 3.63) is 46.4 Å². The molecule has 1 aliphatic carbocycles. The van der Waals surface area contributed by atoms with Crippen molar-refractivity contribution in [3.63, 3.8) is 0 Å². The molecule has 7 heteroatoms. The summed E-state index contributed by atoms with van der Waals surface area (Å²) < 4.78 is 4.66. The van der Waals surface area contributed by atoms with Crippen LogP contribution in [0.1, 0.15) is 34.1 Å². The first-order valence-corrected chi connectivity index (χ1v) is 7.23. The summed E-state index contributed by atoms with van der Waals surface area (Å²) in [7, 11) is 1.26. The van der Waals surface area contributed by atoms with E-state index in [0.717, 1.165) is 12.8 Å². The van der Waals surface area contributed by atoms with Gasteiger partial charge in [-0.05, 0) is 35.6 Å². The van der Waals surface area contributed by atoms with E-state index in [-0.39, 0.29) is 22.7 Å². The number of aromatic nitrogens is 2. The minimum Gasteiger partial charge on any atom is -0.464 e. The SMILES string of the molecule is COC(=O)c1nc(Cl)nc(NC2CCc3ccccc32)c1N. The smallest absolute Gasteiger partial charge is 0.359 e. The zero-order chi connectivity index (χ0) is 15.7. The van der Waals surface area contributed by atoms with E-state index in [4.69, 9.17) is 17.3 Å². The number of hydrogen-bond acceptors (Lipinski definition) is 6. The summed E-state index contributed by atoms with van der Waals surface area (Å²) in [4.78, 5) is 19.6. The van der Waals surface area contributed by atoms with Crippen LogP contribution in [0.5, 0.6) is 0 Å². The van der Waals surface area contributed by atoms with Gasteiger partial charge in [0.25, 0.3) is 0 Å². The second-order valence-electron chi connectivity index (χ2n) is 5.03. The maximum atomic E-state index is 11.7. The largest absolute Gasteiger partial charge is 0.464 e. The number of nitrogens with zero attached hydrogens (tertiary/aromatic N) is 2. The van der Waals surface area contributed by atoms with Crippen LogP contribution in [0.25, 0.3) is 0 Å². The van der Waals surface area contributed by atoms with Crippen molar-refractivity contribution in [3.8, 4) is 0 Å². The lowest BCUT2D eigenvalue weighted by Crippen LogP contribution is -2.15. The average molecular weight is 319 g/mol. The third kappa shape index (κ3) is 2.57. The second-order valence-corrected chi connectivity index (χ2v) is 5.37. The van der Waals surface area contributed by atoms with Crippen LogP contribution in [0.2, 0.25) is 5.28 Å². The van der Waals surface area contributed by atoms with Gasteiger partial charge in [-0.1, -0.05) is 24.3 Å². The van der Waals surface area contributed by atoms with Crippen LogP contribution in [-0.2, 0) is 11.2 Å². The fraction of sp³-hybridized carbons (Fsp3) is 0.267. The molecule has 0 fully saturated rings. The van der Waals surface area contributed by atoms with Gasteiger partial charge in [-0.3, -0.25) is 0 Å².